The standard InChI is InChI=1S/C17H17BrClNO3S2/c1-23-16-7-2-12(10-13(16)11-18)17-20(8-9-24-17)25(21,22)15-5-3-14(19)4-6-15/h2-7,10,17H,8-9,11H2,1H3. The van der Waals surface area contributed by atoms with E-state index >= 15 is 0 Å². The number of nitrogens with zero attached hydrogens (tertiary/aromatic N) is 1. The Morgan fingerprint density at radius 1 is 1.28 bits per heavy atom. The largest absolute Gasteiger partial charge is 0.496 e. The third kappa shape index (κ3) is 3.85. The molecular formula is C17H17BrClNO3S2. The van der Waals surface area contributed by atoms with Gasteiger partial charge in [0, 0.05) is 28.2 Å². The number of sulfonamides is 1. The van der Waals surface area contributed by atoms with E-state index in [-0.39, 0.29) is 10.3 Å². The van der Waals surface area contributed by atoms with Crippen molar-refractivity contribution in [1.29, 1.82) is 0 Å². The number of ether oxygens (including phenoxy) is 1. The molecule has 0 spiro atoms. The first-order valence-electron chi connectivity index (χ1n) is 7.59. The summed E-state index contributed by atoms with van der Waals surface area (Å²) in [5, 5.41) is 0.915. The third-order valence-electron chi connectivity index (χ3n) is 4.00. The summed E-state index contributed by atoms with van der Waals surface area (Å²) in [4.78, 5) is 0.263. The van der Waals surface area contributed by atoms with Gasteiger partial charge in [-0.1, -0.05) is 33.6 Å². The van der Waals surface area contributed by atoms with Gasteiger partial charge in [-0.15, -0.1) is 11.8 Å². The predicted octanol–water partition coefficient (Wildman–Crippen LogP) is 4.68. The van der Waals surface area contributed by atoms with Crippen LogP contribution in [0.2, 0.25) is 5.02 Å². The molecule has 1 heterocycles. The summed E-state index contributed by atoms with van der Waals surface area (Å²) < 4.78 is 33.0. The second kappa shape index (κ2) is 7.88. The van der Waals surface area contributed by atoms with E-state index in [4.69, 9.17) is 16.3 Å². The van der Waals surface area contributed by atoms with Crippen LogP contribution < -0.4 is 4.74 Å². The van der Waals surface area contributed by atoms with Crippen molar-refractivity contribution in [2.75, 3.05) is 19.4 Å². The van der Waals surface area contributed by atoms with Crippen molar-refractivity contribution in [3.8, 4) is 5.75 Å². The molecule has 0 aromatic heterocycles. The van der Waals surface area contributed by atoms with Crippen LogP contribution in [0.15, 0.2) is 47.4 Å². The van der Waals surface area contributed by atoms with Gasteiger partial charge in [0.25, 0.3) is 0 Å². The molecule has 0 N–H and O–H groups in total. The number of hydrogen-bond acceptors (Lipinski definition) is 4. The van der Waals surface area contributed by atoms with E-state index in [2.05, 4.69) is 15.9 Å². The highest BCUT2D eigenvalue weighted by atomic mass is 79.9. The molecule has 0 saturated carbocycles. The second-order valence-electron chi connectivity index (χ2n) is 5.50. The molecule has 134 valence electrons. The molecule has 1 aliphatic rings. The van der Waals surface area contributed by atoms with Crippen LogP contribution in [0.3, 0.4) is 0 Å². The molecule has 1 unspecified atom stereocenters. The Bertz CT molecular complexity index is 859. The smallest absolute Gasteiger partial charge is 0.244 e. The lowest BCUT2D eigenvalue weighted by molar-refractivity contribution is 0.410. The number of methoxy groups -OCH3 is 1. The number of benzene rings is 2. The van der Waals surface area contributed by atoms with Crippen molar-refractivity contribution in [3.63, 3.8) is 0 Å². The number of alkyl halides is 1. The van der Waals surface area contributed by atoms with E-state index in [1.54, 1.807) is 47.4 Å². The maximum Gasteiger partial charge on any atom is 0.244 e. The molecule has 25 heavy (non-hydrogen) atoms. The lowest BCUT2D eigenvalue weighted by Gasteiger charge is -2.24. The number of thioether (sulfide) groups is 1. The first-order chi connectivity index (χ1) is 12.0. The fraction of sp³-hybridized carbons (Fsp3) is 0.294. The van der Waals surface area contributed by atoms with E-state index in [0.717, 1.165) is 22.6 Å². The average molecular weight is 463 g/mol. The number of rotatable bonds is 5. The van der Waals surface area contributed by atoms with Gasteiger partial charge in [0.15, 0.2) is 0 Å². The van der Waals surface area contributed by atoms with Gasteiger partial charge in [-0.25, -0.2) is 8.42 Å². The minimum atomic E-state index is -3.58. The van der Waals surface area contributed by atoms with Gasteiger partial charge in [-0.3, -0.25) is 0 Å². The van der Waals surface area contributed by atoms with Gasteiger partial charge < -0.3 is 4.74 Å². The molecule has 1 atom stereocenters. The zero-order valence-corrected chi connectivity index (χ0v) is 17.5. The van der Waals surface area contributed by atoms with E-state index in [9.17, 15) is 8.42 Å². The average Bonchev–Trinajstić information content (AvgIpc) is 3.12. The molecule has 1 aliphatic heterocycles. The molecular weight excluding hydrogens is 446 g/mol. The maximum atomic E-state index is 13.0. The molecule has 3 rings (SSSR count). The molecule has 2 aromatic carbocycles. The first kappa shape index (κ1) is 19.0. The van der Waals surface area contributed by atoms with Crippen molar-refractivity contribution in [3.05, 3.63) is 58.6 Å². The minimum absolute atomic E-state index is 0.246. The Labute approximate surface area is 165 Å². The van der Waals surface area contributed by atoms with E-state index in [1.165, 1.54) is 0 Å². The number of hydrogen-bond donors (Lipinski definition) is 0. The molecule has 1 saturated heterocycles. The van der Waals surface area contributed by atoms with E-state index in [1.807, 2.05) is 18.2 Å². The topological polar surface area (TPSA) is 46.6 Å². The van der Waals surface area contributed by atoms with Crippen molar-refractivity contribution in [2.45, 2.75) is 15.6 Å². The van der Waals surface area contributed by atoms with Crippen LogP contribution in [-0.2, 0) is 15.4 Å². The second-order valence-corrected chi connectivity index (χ2v) is 9.57. The first-order valence-corrected chi connectivity index (χ1v) is 11.6. The van der Waals surface area contributed by atoms with E-state index < -0.39 is 10.0 Å². The Morgan fingerprint density at radius 2 is 2.00 bits per heavy atom. The van der Waals surface area contributed by atoms with Crippen molar-refractivity contribution >= 4 is 49.3 Å². The van der Waals surface area contributed by atoms with Crippen LogP contribution in [0.1, 0.15) is 16.5 Å². The van der Waals surface area contributed by atoms with Gasteiger partial charge >= 0.3 is 0 Å². The fourth-order valence-electron chi connectivity index (χ4n) is 2.76. The summed E-state index contributed by atoms with van der Waals surface area (Å²) in [6, 6.07) is 12.1. The molecule has 0 amide bonds. The number of halogens is 2. The normalized spacial score (nSPS) is 18.4. The molecule has 4 nitrogen and oxygen atoms in total. The Hall–Kier alpha value is -0.730. The highest BCUT2D eigenvalue weighted by Crippen LogP contribution is 2.42. The van der Waals surface area contributed by atoms with Gasteiger partial charge in [-0.2, -0.15) is 4.31 Å². The highest BCUT2D eigenvalue weighted by molar-refractivity contribution is 9.08. The summed E-state index contributed by atoms with van der Waals surface area (Å²) >= 11 is 11.0. The predicted molar refractivity (Wildman–Crippen MR) is 106 cm³/mol. The summed E-state index contributed by atoms with van der Waals surface area (Å²) in [7, 11) is -1.95. The van der Waals surface area contributed by atoms with Crippen molar-refractivity contribution in [1.82, 2.24) is 4.31 Å². The molecule has 0 aliphatic carbocycles. The van der Waals surface area contributed by atoms with Crippen LogP contribution in [0, 0.1) is 0 Å². The Kier molecular flexibility index (Phi) is 6.00. The zero-order valence-electron chi connectivity index (χ0n) is 13.5. The maximum absolute atomic E-state index is 13.0. The van der Waals surface area contributed by atoms with Gasteiger partial charge in [-0.05, 0) is 42.0 Å². The van der Waals surface area contributed by atoms with Crippen LogP contribution in [-0.4, -0.2) is 32.1 Å². The summed E-state index contributed by atoms with van der Waals surface area (Å²) in [6.07, 6.45) is 0. The third-order valence-corrected chi connectivity index (χ3v) is 8.13. The van der Waals surface area contributed by atoms with Crippen LogP contribution in [0.5, 0.6) is 5.75 Å². The summed E-state index contributed by atoms with van der Waals surface area (Å²) in [5.41, 5.74) is 1.95. The molecule has 8 heteroatoms. The fourth-order valence-corrected chi connectivity index (χ4v) is 6.56. The zero-order chi connectivity index (χ0) is 18.0. The summed E-state index contributed by atoms with van der Waals surface area (Å²) in [5.74, 6) is 1.54. The lowest BCUT2D eigenvalue weighted by Crippen LogP contribution is -2.30. The summed E-state index contributed by atoms with van der Waals surface area (Å²) in [6.45, 7) is 0.482. The van der Waals surface area contributed by atoms with Crippen LogP contribution in [0.25, 0.3) is 0 Å². The molecule has 0 radical (unpaired) electrons. The lowest BCUT2D eigenvalue weighted by atomic mass is 10.1. The Morgan fingerprint density at radius 3 is 2.64 bits per heavy atom. The van der Waals surface area contributed by atoms with E-state index in [0.29, 0.717) is 16.9 Å². The highest BCUT2D eigenvalue weighted by Gasteiger charge is 2.37. The van der Waals surface area contributed by atoms with Gasteiger partial charge in [0.1, 0.15) is 5.75 Å². The van der Waals surface area contributed by atoms with Gasteiger partial charge in [0.05, 0.1) is 17.4 Å². The van der Waals surface area contributed by atoms with Crippen molar-refractivity contribution in [2.24, 2.45) is 0 Å². The molecule has 0 bridgehead atoms. The monoisotopic (exact) mass is 461 g/mol. The minimum Gasteiger partial charge on any atom is -0.496 e. The Balaban J connectivity index is 1.96. The van der Waals surface area contributed by atoms with Crippen molar-refractivity contribution < 1.29 is 13.2 Å². The SMILES string of the molecule is COc1ccc(C2SCCN2S(=O)(=O)c2ccc(Cl)cc2)cc1CBr. The molecule has 1 fully saturated rings. The quantitative estimate of drug-likeness (QED) is 0.605. The van der Waals surface area contributed by atoms with Crippen LogP contribution in [0.4, 0.5) is 0 Å². The van der Waals surface area contributed by atoms with Crippen LogP contribution >= 0.6 is 39.3 Å². The molecule has 2 aromatic rings. The van der Waals surface area contributed by atoms with Gasteiger partial charge in [0.2, 0.25) is 10.0 Å².